The highest BCUT2D eigenvalue weighted by Crippen LogP contribution is 2.65. The largest absolute Gasteiger partial charge is 0.378 e. The Labute approximate surface area is 157 Å². The van der Waals surface area contributed by atoms with Crippen molar-refractivity contribution in [3.05, 3.63) is 35.9 Å². The molecule has 0 radical (unpaired) electrons. The predicted octanol–water partition coefficient (Wildman–Crippen LogP) is 3.88. The molecule has 26 heavy (non-hydrogen) atoms. The van der Waals surface area contributed by atoms with Crippen molar-refractivity contribution in [3.8, 4) is 0 Å². The maximum atomic E-state index is 13.3. The van der Waals surface area contributed by atoms with E-state index in [1.54, 1.807) is 0 Å². The lowest BCUT2D eigenvalue weighted by atomic mass is 9.41. The van der Waals surface area contributed by atoms with Crippen LogP contribution in [0.4, 0.5) is 0 Å². The summed E-state index contributed by atoms with van der Waals surface area (Å²) in [5.41, 5.74) is 1.51. The zero-order valence-corrected chi connectivity index (χ0v) is 15.9. The summed E-state index contributed by atoms with van der Waals surface area (Å²) in [5.74, 6) is 4.42. The average Bonchev–Trinajstić information content (AvgIpc) is 2.67. The molecule has 0 N–H and O–H groups in total. The van der Waals surface area contributed by atoms with E-state index in [4.69, 9.17) is 4.74 Å². The summed E-state index contributed by atoms with van der Waals surface area (Å²) in [6.45, 7) is 5.40. The standard InChI is InChI=1S/C23H31NO2/c1-16-17-11-20-13-18(16)14-21(12-17)23(20,19-5-3-2-4-6-19)15-22(25)24-7-9-26-10-8-24/h2-6,16-18,20-21H,7-15H2,1H3. The molecule has 0 aromatic heterocycles. The van der Waals surface area contributed by atoms with Gasteiger partial charge in [0.2, 0.25) is 5.91 Å². The minimum absolute atomic E-state index is 0.0732. The van der Waals surface area contributed by atoms with Crippen molar-refractivity contribution in [2.24, 2.45) is 29.6 Å². The van der Waals surface area contributed by atoms with Gasteiger partial charge < -0.3 is 9.64 Å². The maximum Gasteiger partial charge on any atom is 0.223 e. The first-order chi connectivity index (χ1) is 12.7. The fraction of sp³-hybridized carbons (Fsp3) is 0.696. The third-order valence-electron chi connectivity index (χ3n) is 8.41. The molecule has 1 heterocycles. The Kier molecular flexibility index (Phi) is 4.11. The van der Waals surface area contributed by atoms with Gasteiger partial charge in [-0.15, -0.1) is 0 Å². The summed E-state index contributed by atoms with van der Waals surface area (Å²) in [5, 5.41) is 0. The number of rotatable bonds is 3. The third-order valence-corrected chi connectivity index (χ3v) is 8.41. The first-order valence-electron chi connectivity index (χ1n) is 10.6. The lowest BCUT2D eigenvalue weighted by Crippen LogP contribution is -2.59. The van der Waals surface area contributed by atoms with Crippen LogP contribution in [0.25, 0.3) is 0 Å². The number of hydrogen-bond donors (Lipinski definition) is 0. The van der Waals surface area contributed by atoms with Gasteiger partial charge in [0.25, 0.3) is 0 Å². The molecule has 4 saturated carbocycles. The van der Waals surface area contributed by atoms with E-state index in [0.29, 0.717) is 37.4 Å². The number of nitrogens with zero attached hydrogens (tertiary/aromatic N) is 1. The van der Waals surface area contributed by atoms with Crippen molar-refractivity contribution in [1.82, 2.24) is 4.90 Å². The van der Waals surface area contributed by atoms with Crippen molar-refractivity contribution >= 4 is 5.91 Å². The molecule has 1 saturated heterocycles. The van der Waals surface area contributed by atoms with E-state index in [1.807, 2.05) is 0 Å². The molecule has 3 nitrogen and oxygen atoms in total. The van der Waals surface area contributed by atoms with Crippen molar-refractivity contribution in [1.29, 1.82) is 0 Å². The summed E-state index contributed by atoms with van der Waals surface area (Å²) in [7, 11) is 0. The molecule has 5 aliphatic rings. The van der Waals surface area contributed by atoms with Crippen LogP contribution in [0, 0.1) is 29.6 Å². The Morgan fingerprint density at radius 3 is 2.19 bits per heavy atom. The third kappa shape index (κ3) is 2.46. The number of hydrogen-bond acceptors (Lipinski definition) is 2. The molecule has 1 aliphatic heterocycles. The molecule has 1 amide bonds. The molecule has 4 bridgehead atoms. The number of carbonyl (C=O) groups is 1. The van der Waals surface area contributed by atoms with Gasteiger partial charge in [0.05, 0.1) is 13.2 Å². The summed E-state index contributed by atoms with van der Waals surface area (Å²) in [6.07, 6.45) is 6.04. The summed E-state index contributed by atoms with van der Waals surface area (Å²) in [6, 6.07) is 11.1. The van der Waals surface area contributed by atoms with Gasteiger partial charge in [-0.3, -0.25) is 4.79 Å². The normalized spacial score (nSPS) is 41.4. The van der Waals surface area contributed by atoms with Crippen molar-refractivity contribution in [2.75, 3.05) is 26.3 Å². The van der Waals surface area contributed by atoms with Gasteiger partial charge in [-0.25, -0.2) is 0 Å². The highest BCUT2D eigenvalue weighted by Gasteiger charge is 2.60. The minimum atomic E-state index is 0.0732. The van der Waals surface area contributed by atoms with E-state index in [0.717, 1.165) is 30.8 Å². The van der Waals surface area contributed by atoms with Gasteiger partial charge in [0.1, 0.15) is 0 Å². The first-order valence-corrected chi connectivity index (χ1v) is 10.6. The van der Waals surface area contributed by atoms with Gasteiger partial charge in [0, 0.05) is 24.9 Å². The van der Waals surface area contributed by atoms with Crippen LogP contribution in [0.5, 0.6) is 0 Å². The minimum Gasteiger partial charge on any atom is -0.378 e. The average molecular weight is 354 g/mol. The quantitative estimate of drug-likeness (QED) is 0.825. The van der Waals surface area contributed by atoms with Crippen LogP contribution >= 0.6 is 0 Å². The Hall–Kier alpha value is -1.35. The molecule has 0 atom stereocenters. The number of ether oxygens (including phenoxy) is 1. The monoisotopic (exact) mass is 353 g/mol. The molecule has 1 aromatic rings. The zero-order valence-electron chi connectivity index (χ0n) is 15.9. The summed E-state index contributed by atoms with van der Waals surface area (Å²) >= 11 is 0. The van der Waals surface area contributed by atoms with Gasteiger partial charge in [-0.2, -0.15) is 0 Å². The molecule has 3 heteroatoms. The lowest BCUT2D eigenvalue weighted by Gasteiger charge is -2.64. The Morgan fingerprint density at radius 1 is 1.04 bits per heavy atom. The molecule has 0 spiro atoms. The van der Waals surface area contributed by atoms with Crippen LogP contribution in [0.2, 0.25) is 0 Å². The molecule has 5 fully saturated rings. The van der Waals surface area contributed by atoms with Gasteiger partial charge in [-0.05, 0) is 60.8 Å². The zero-order chi connectivity index (χ0) is 17.7. The molecule has 6 rings (SSSR count). The van der Waals surface area contributed by atoms with Crippen LogP contribution in [-0.4, -0.2) is 37.1 Å². The van der Waals surface area contributed by atoms with Crippen molar-refractivity contribution in [3.63, 3.8) is 0 Å². The van der Waals surface area contributed by atoms with Crippen molar-refractivity contribution < 1.29 is 9.53 Å². The highest BCUT2D eigenvalue weighted by molar-refractivity contribution is 5.78. The predicted molar refractivity (Wildman–Crippen MR) is 102 cm³/mol. The maximum absolute atomic E-state index is 13.3. The summed E-state index contributed by atoms with van der Waals surface area (Å²) in [4.78, 5) is 15.4. The number of carbonyl (C=O) groups excluding carboxylic acids is 1. The van der Waals surface area contributed by atoms with Crippen LogP contribution in [0.15, 0.2) is 30.3 Å². The van der Waals surface area contributed by atoms with Crippen LogP contribution in [-0.2, 0) is 14.9 Å². The molecule has 140 valence electrons. The second-order valence-electron chi connectivity index (χ2n) is 9.29. The number of amides is 1. The van der Waals surface area contributed by atoms with E-state index in [-0.39, 0.29) is 5.41 Å². The van der Waals surface area contributed by atoms with E-state index < -0.39 is 0 Å². The Morgan fingerprint density at radius 2 is 1.62 bits per heavy atom. The molecule has 0 unspecified atom stereocenters. The fourth-order valence-corrected chi connectivity index (χ4v) is 7.05. The van der Waals surface area contributed by atoms with Gasteiger partial charge >= 0.3 is 0 Å². The van der Waals surface area contributed by atoms with Crippen molar-refractivity contribution in [2.45, 2.75) is 44.4 Å². The summed E-state index contributed by atoms with van der Waals surface area (Å²) < 4.78 is 5.46. The Bertz CT molecular complexity index is 634. The fourth-order valence-electron chi connectivity index (χ4n) is 7.05. The van der Waals surface area contributed by atoms with Crippen LogP contribution in [0.3, 0.4) is 0 Å². The second-order valence-corrected chi connectivity index (χ2v) is 9.29. The number of benzene rings is 1. The number of morpholine rings is 1. The smallest absolute Gasteiger partial charge is 0.223 e. The van der Waals surface area contributed by atoms with E-state index in [9.17, 15) is 4.79 Å². The molecule has 1 aromatic carbocycles. The highest BCUT2D eigenvalue weighted by atomic mass is 16.5. The second kappa shape index (κ2) is 6.37. The first kappa shape index (κ1) is 16.8. The van der Waals surface area contributed by atoms with Gasteiger partial charge in [0.15, 0.2) is 0 Å². The van der Waals surface area contributed by atoms with Crippen LogP contribution < -0.4 is 0 Å². The Balaban J connectivity index is 1.50. The topological polar surface area (TPSA) is 29.5 Å². The molecular formula is C23H31NO2. The molecule has 4 aliphatic carbocycles. The van der Waals surface area contributed by atoms with E-state index in [1.165, 1.54) is 31.2 Å². The van der Waals surface area contributed by atoms with Gasteiger partial charge in [-0.1, -0.05) is 37.3 Å². The van der Waals surface area contributed by atoms with Crippen LogP contribution in [0.1, 0.15) is 44.6 Å². The molecular weight excluding hydrogens is 322 g/mol. The lowest BCUT2D eigenvalue weighted by molar-refractivity contribution is -0.145. The SMILES string of the molecule is CC1C2CC3CC1CC(C2)C3(CC(=O)N1CCOCC1)c1ccccc1. The van der Waals surface area contributed by atoms with E-state index in [2.05, 4.69) is 42.2 Å². The van der Waals surface area contributed by atoms with E-state index >= 15 is 0 Å².